The first kappa shape index (κ1) is 15.4. The van der Waals surface area contributed by atoms with E-state index < -0.39 is 0 Å². The Labute approximate surface area is 148 Å². The topological polar surface area (TPSA) is 58.2 Å². The quantitative estimate of drug-likeness (QED) is 0.832. The number of hydrogen-bond donors (Lipinski definition) is 2. The summed E-state index contributed by atoms with van der Waals surface area (Å²) in [6.07, 6.45) is 7.91. The molecule has 5 fully saturated rings. The molecule has 5 aliphatic rings. The van der Waals surface area contributed by atoms with Gasteiger partial charge in [-0.15, -0.1) is 0 Å². The van der Waals surface area contributed by atoms with E-state index in [0.29, 0.717) is 5.92 Å². The van der Waals surface area contributed by atoms with Crippen LogP contribution in [0.5, 0.6) is 0 Å². The highest BCUT2D eigenvalue weighted by molar-refractivity contribution is 5.88. The lowest BCUT2D eigenvalue weighted by atomic mass is 9.49. The fraction of sp³-hybridized carbons (Fsp3) is 0.619. The predicted molar refractivity (Wildman–Crippen MR) is 94.2 cm³/mol. The number of carbonyl (C=O) groups is 2. The Kier molecular flexibility index (Phi) is 3.44. The van der Waals surface area contributed by atoms with E-state index in [1.165, 1.54) is 24.8 Å². The number of amides is 2. The van der Waals surface area contributed by atoms with E-state index in [1.807, 2.05) is 18.2 Å². The van der Waals surface area contributed by atoms with Crippen molar-refractivity contribution in [3.63, 3.8) is 0 Å². The van der Waals surface area contributed by atoms with Crippen LogP contribution in [0.15, 0.2) is 30.3 Å². The molecular formula is C21H26N2O2. The van der Waals surface area contributed by atoms with Gasteiger partial charge in [-0.3, -0.25) is 20.4 Å². The number of nitrogens with one attached hydrogen (secondary N) is 2. The Balaban J connectivity index is 1.18. The molecule has 132 valence electrons. The van der Waals surface area contributed by atoms with Gasteiger partial charge in [0.2, 0.25) is 11.8 Å². The summed E-state index contributed by atoms with van der Waals surface area (Å²) in [6.45, 7) is 0. The minimum atomic E-state index is -0.204. The predicted octanol–water partition coefficient (Wildman–Crippen LogP) is 3.15. The largest absolute Gasteiger partial charge is 0.273 e. The van der Waals surface area contributed by atoms with Crippen molar-refractivity contribution in [1.82, 2.24) is 10.9 Å². The normalized spacial score (nSPS) is 40.6. The average Bonchev–Trinajstić information content (AvgIpc) is 3.40. The molecule has 0 aliphatic heterocycles. The molecule has 1 aromatic rings. The molecular weight excluding hydrogens is 312 g/mol. The van der Waals surface area contributed by atoms with Crippen molar-refractivity contribution in [2.24, 2.45) is 29.1 Å². The van der Waals surface area contributed by atoms with Gasteiger partial charge in [0.05, 0.1) is 5.41 Å². The molecule has 5 aliphatic carbocycles. The van der Waals surface area contributed by atoms with Gasteiger partial charge in [-0.05, 0) is 74.2 Å². The number of hydrazine groups is 1. The van der Waals surface area contributed by atoms with E-state index in [-0.39, 0.29) is 23.1 Å². The van der Waals surface area contributed by atoms with Crippen LogP contribution in [-0.4, -0.2) is 11.8 Å². The van der Waals surface area contributed by atoms with Crippen LogP contribution in [0.1, 0.15) is 56.4 Å². The summed E-state index contributed by atoms with van der Waals surface area (Å²) < 4.78 is 0. The van der Waals surface area contributed by atoms with Crippen molar-refractivity contribution in [2.45, 2.75) is 50.9 Å². The molecule has 4 nitrogen and oxygen atoms in total. The smallest absolute Gasteiger partial charge is 0.244 e. The van der Waals surface area contributed by atoms with Gasteiger partial charge in [0.25, 0.3) is 0 Å². The van der Waals surface area contributed by atoms with Gasteiger partial charge in [-0.25, -0.2) is 0 Å². The van der Waals surface area contributed by atoms with Crippen molar-refractivity contribution in [3.05, 3.63) is 35.9 Å². The van der Waals surface area contributed by atoms with E-state index in [4.69, 9.17) is 0 Å². The molecule has 25 heavy (non-hydrogen) atoms. The summed E-state index contributed by atoms with van der Waals surface area (Å²) in [5.74, 6) is 2.54. The van der Waals surface area contributed by atoms with Crippen LogP contribution in [0.25, 0.3) is 0 Å². The lowest BCUT2D eigenvalue weighted by molar-refractivity contribution is -0.149. The van der Waals surface area contributed by atoms with E-state index in [1.54, 1.807) is 0 Å². The zero-order chi connectivity index (χ0) is 17.0. The zero-order valence-corrected chi connectivity index (χ0v) is 14.5. The molecule has 0 spiro atoms. The van der Waals surface area contributed by atoms with Crippen LogP contribution in [0.4, 0.5) is 0 Å². The second-order valence-electron chi connectivity index (χ2n) is 9.00. The summed E-state index contributed by atoms with van der Waals surface area (Å²) in [4.78, 5) is 25.3. The van der Waals surface area contributed by atoms with E-state index >= 15 is 0 Å². The molecule has 4 bridgehead atoms. The van der Waals surface area contributed by atoms with E-state index in [2.05, 4.69) is 23.0 Å². The monoisotopic (exact) mass is 338 g/mol. The molecule has 2 N–H and O–H groups in total. The first-order valence-electron chi connectivity index (χ1n) is 9.78. The van der Waals surface area contributed by atoms with Gasteiger partial charge >= 0.3 is 0 Å². The maximum Gasteiger partial charge on any atom is 0.244 e. The van der Waals surface area contributed by atoms with Gasteiger partial charge in [0.1, 0.15) is 0 Å². The maximum absolute atomic E-state index is 12.9. The average molecular weight is 338 g/mol. The molecule has 0 radical (unpaired) electrons. The first-order valence-corrected chi connectivity index (χ1v) is 9.78. The molecule has 0 aromatic heterocycles. The fourth-order valence-corrected chi connectivity index (χ4v) is 6.29. The van der Waals surface area contributed by atoms with Crippen LogP contribution in [0, 0.1) is 29.1 Å². The third kappa shape index (κ3) is 2.66. The van der Waals surface area contributed by atoms with Crippen LogP contribution >= 0.6 is 0 Å². The third-order valence-corrected chi connectivity index (χ3v) is 7.17. The minimum absolute atomic E-state index is 0.000868. The highest BCUT2D eigenvalue weighted by Gasteiger charge is 2.55. The Morgan fingerprint density at radius 1 is 0.840 bits per heavy atom. The Hall–Kier alpha value is -1.84. The maximum atomic E-state index is 12.9. The Morgan fingerprint density at radius 2 is 1.44 bits per heavy atom. The van der Waals surface area contributed by atoms with Crippen molar-refractivity contribution in [1.29, 1.82) is 0 Å². The summed E-state index contributed by atoms with van der Waals surface area (Å²) >= 11 is 0. The molecule has 2 atom stereocenters. The Bertz CT molecular complexity index is 664. The van der Waals surface area contributed by atoms with Crippen molar-refractivity contribution >= 4 is 11.8 Å². The van der Waals surface area contributed by atoms with Gasteiger partial charge < -0.3 is 0 Å². The molecule has 1 aromatic carbocycles. The number of rotatable bonds is 3. The highest BCUT2D eigenvalue weighted by Crippen LogP contribution is 2.60. The molecule has 0 saturated heterocycles. The summed E-state index contributed by atoms with van der Waals surface area (Å²) in [5, 5.41) is 0. The van der Waals surface area contributed by atoms with Crippen LogP contribution in [-0.2, 0) is 9.59 Å². The van der Waals surface area contributed by atoms with Gasteiger partial charge in [0, 0.05) is 5.92 Å². The molecule has 4 heteroatoms. The lowest BCUT2D eigenvalue weighted by Crippen LogP contribution is -2.56. The van der Waals surface area contributed by atoms with Gasteiger partial charge in [0.15, 0.2) is 0 Å². The summed E-state index contributed by atoms with van der Waals surface area (Å²) in [7, 11) is 0. The minimum Gasteiger partial charge on any atom is -0.273 e. The summed E-state index contributed by atoms with van der Waals surface area (Å²) in [5.41, 5.74) is 6.54. The standard InChI is InChI=1S/C21H26N2O2/c24-19(18-9-17(18)16-4-2-1-3-5-16)22-23-20(25)21-10-13-6-14(11-21)8-15(7-13)12-21/h1-5,13-15,17-18H,6-12H2,(H,22,24)(H,23,25)/t13?,14?,15?,17-,18+,21?/m0/s1. The molecule has 6 rings (SSSR count). The van der Waals surface area contributed by atoms with E-state index in [9.17, 15) is 9.59 Å². The van der Waals surface area contributed by atoms with Gasteiger partial charge in [-0.1, -0.05) is 30.3 Å². The van der Waals surface area contributed by atoms with Crippen molar-refractivity contribution in [2.75, 3.05) is 0 Å². The lowest BCUT2D eigenvalue weighted by Gasteiger charge is -2.55. The SMILES string of the molecule is O=C(NNC(=O)C12CC3CC(CC(C3)C1)C2)[C@@H]1C[C@H]1c1ccccc1. The second-order valence-corrected chi connectivity index (χ2v) is 9.00. The number of benzene rings is 1. The zero-order valence-electron chi connectivity index (χ0n) is 14.5. The molecule has 5 saturated carbocycles. The third-order valence-electron chi connectivity index (χ3n) is 7.17. The number of hydrogen-bond acceptors (Lipinski definition) is 2. The van der Waals surface area contributed by atoms with Crippen LogP contribution in [0.3, 0.4) is 0 Å². The Morgan fingerprint density at radius 3 is 2.04 bits per heavy atom. The number of carbonyl (C=O) groups excluding carboxylic acids is 2. The van der Waals surface area contributed by atoms with Crippen molar-refractivity contribution < 1.29 is 9.59 Å². The molecule has 2 amide bonds. The van der Waals surface area contributed by atoms with E-state index in [0.717, 1.165) is 43.4 Å². The molecule has 0 heterocycles. The second kappa shape index (κ2) is 5.58. The van der Waals surface area contributed by atoms with Crippen LogP contribution in [0.2, 0.25) is 0 Å². The summed E-state index contributed by atoms with van der Waals surface area (Å²) in [6, 6.07) is 10.2. The van der Waals surface area contributed by atoms with Crippen LogP contribution < -0.4 is 10.9 Å². The fourth-order valence-electron chi connectivity index (χ4n) is 6.29. The first-order chi connectivity index (χ1) is 12.1. The van der Waals surface area contributed by atoms with Gasteiger partial charge in [-0.2, -0.15) is 0 Å². The highest BCUT2D eigenvalue weighted by atomic mass is 16.2. The molecule has 0 unspecified atom stereocenters. The van der Waals surface area contributed by atoms with Crippen molar-refractivity contribution in [3.8, 4) is 0 Å².